The van der Waals surface area contributed by atoms with Gasteiger partial charge in [-0.1, -0.05) is 0 Å². The molecule has 0 aromatic carbocycles. The van der Waals surface area contributed by atoms with E-state index in [9.17, 15) is 32.3 Å². The number of alkyl halides is 5. The van der Waals surface area contributed by atoms with Crippen LogP contribution in [-0.4, -0.2) is 62.3 Å². The number of likely N-dealkylation sites (tertiary alicyclic amines) is 1. The predicted molar refractivity (Wildman–Crippen MR) is 77.5 cm³/mol. The van der Waals surface area contributed by atoms with Crippen LogP contribution < -0.4 is 5.32 Å². The highest BCUT2D eigenvalue weighted by Gasteiger charge is 2.71. The summed E-state index contributed by atoms with van der Waals surface area (Å²) in [5.74, 6) is -9.43. The number of carbonyl (C=O) groups excluding carboxylic acids is 2. The Morgan fingerprint density at radius 1 is 1.08 bits per heavy atom. The van der Waals surface area contributed by atoms with E-state index in [0.29, 0.717) is 24.2 Å². The smallest absolute Gasteiger partial charge is 0.312 e. The van der Waals surface area contributed by atoms with Gasteiger partial charge in [0.1, 0.15) is 6.10 Å². The van der Waals surface area contributed by atoms with E-state index in [0.717, 1.165) is 0 Å². The molecule has 2 atom stereocenters. The number of aliphatic hydroxyl groups is 1. The summed E-state index contributed by atoms with van der Waals surface area (Å²) in [5, 5.41) is 12.4. The molecule has 2 amide bonds. The van der Waals surface area contributed by atoms with Crippen molar-refractivity contribution in [3.8, 4) is 0 Å². The molecule has 25 heavy (non-hydrogen) atoms. The van der Waals surface area contributed by atoms with Gasteiger partial charge in [0.2, 0.25) is 0 Å². The first kappa shape index (κ1) is 17.3. The zero-order chi connectivity index (χ0) is 18.5. The van der Waals surface area contributed by atoms with Gasteiger partial charge in [0.05, 0.1) is 17.0 Å². The minimum Gasteiger partial charge on any atom is -0.384 e. The van der Waals surface area contributed by atoms with Crippen LogP contribution in [0.3, 0.4) is 0 Å². The van der Waals surface area contributed by atoms with Crippen molar-refractivity contribution in [2.45, 2.75) is 72.4 Å². The highest BCUT2D eigenvalue weighted by atomic mass is 35.5. The molecule has 1 heterocycles. The molecule has 0 aromatic heterocycles. The van der Waals surface area contributed by atoms with Crippen LogP contribution in [-0.2, 0) is 9.59 Å². The van der Waals surface area contributed by atoms with Crippen LogP contribution in [0.4, 0.5) is 17.6 Å². The lowest BCUT2D eigenvalue weighted by Crippen LogP contribution is -2.77. The topological polar surface area (TPSA) is 69.6 Å². The third-order valence-corrected chi connectivity index (χ3v) is 6.49. The number of hydrogen-bond donors (Lipinski definition) is 2. The van der Waals surface area contributed by atoms with Crippen molar-refractivity contribution >= 4 is 23.4 Å². The van der Waals surface area contributed by atoms with E-state index in [1.54, 1.807) is 0 Å². The number of hydrogen-bond acceptors (Lipinski definition) is 3. The Morgan fingerprint density at radius 2 is 1.68 bits per heavy atom. The molecule has 4 aliphatic carbocycles. The van der Waals surface area contributed by atoms with E-state index in [1.807, 2.05) is 0 Å². The van der Waals surface area contributed by atoms with Crippen molar-refractivity contribution in [2.75, 3.05) is 6.54 Å². The van der Waals surface area contributed by atoms with E-state index in [2.05, 4.69) is 5.32 Å². The fourth-order valence-electron chi connectivity index (χ4n) is 4.97. The maximum absolute atomic E-state index is 14.0. The summed E-state index contributed by atoms with van der Waals surface area (Å²) in [4.78, 5) is 24.8. The van der Waals surface area contributed by atoms with Gasteiger partial charge >= 0.3 is 11.8 Å². The molecule has 0 aromatic rings. The molecule has 140 valence electrons. The molecule has 5 aliphatic rings. The average Bonchev–Trinajstić information content (AvgIpc) is 2.85. The lowest BCUT2D eigenvalue weighted by atomic mass is 9.49. The summed E-state index contributed by atoms with van der Waals surface area (Å²) < 4.78 is 55.3. The van der Waals surface area contributed by atoms with Crippen LogP contribution in [0.15, 0.2) is 0 Å². The molecule has 0 unspecified atom stereocenters. The molecule has 2 N–H and O–H groups in total. The Hall–Kier alpha value is -1.09. The van der Waals surface area contributed by atoms with Gasteiger partial charge in [-0.3, -0.25) is 9.59 Å². The maximum Gasteiger partial charge on any atom is 0.312 e. The minimum absolute atomic E-state index is 0.359. The van der Waals surface area contributed by atoms with Crippen molar-refractivity contribution < 1.29 is 32.3 Å². The normalized spacial score (nSPS) is 45.8. The van der Waals surface area contributed by atoms with E-state index in [1.165, 1.54) is 0 Å². The number of halogens is 5. The number of nitrogens with zero attached hydrogens (tertiary/aromatic N) is 1. The van der Waals surface area contributed by atoms with Crippen LogP contribution in [0.2, 0.25) is 0 Å². The lowest BCUT2D eigenvalue weighted by molar-refractivity contribution is -0.155. The standard InChI is InChI=1S/C15H17ClF4N2O3/c16-11-3-12(4-11,5-11)21-8(23)9(24)22-7-15(19,20)10(25)13(22)1-2-14(17,18)6-13/h10,25H,1-7H2,(H,21,23)/t10-,11?,12?,13-/m1/s1. The third kappa shape index (κ3) is 2.31. The zero-order valence-electron chi connectivity index (χ0n) is 13.1. The van der Waals surface area contributed by atoms with E-state index in [4.69, 9.17) is 11.6 Å². The summed E-state index contributed by atoms with van der Waals surface area (Å²) in [6.45, 7) is -1.25. The first-order valence-corrected chi connectivity index (χ1v) is 8.47. The van der Waals surface area contributed by atoms with E-state index < -0.39 is 66.6 Å². The predicted octanol–water partition coefficient (Wildman–Crippen LogP) is 1.41. The molecule has 5 rings (SSSR count). The SMILES string of the molecule is O=C(NC12CC(Cl)(C1)C2)C(=O)N1CC(F)(F)[C@H](O)[C@]12CCC(F)(F)C2. The number of carbonyl (C=O) groups is 2. The van der Waals surface area contributed by atoms with Gasteiger partial charge in [-0.2, -0.15) is 0 Å². The highest BCUT2D eigenvalue weighted by Crippen LogP contribution is 2.64. The van der Waals surface area contributed by atoms with Crippen LogP contribution in [0.5, 0.6) is 0 Å². The molecular weight excluding hydrogens is 368 g/mol. The Bertz CT molecular complexity index is 653. The molecule has 1 spiro atoms. The van der Waals surface area contributed by atoms with Crippen LogP contribution >= 0.6 is 11.6 Å². The lowest BCUT2D eigenvalue weighted by Gasteiger charge is -2.67. The summed E-state index contributed by atoms with van der Waals surface area (Å²) in [5.41, 5.74) is -2.71. The van der Waals surface area contributed by atoms with Gasteiger partial charge < -0.3 is 15.3 Å². The number of nitrogens with one attached hydrogen (secondary N) is 1. The number of aliphatic hydroxyl groups excluding tert-OH is 1. The summed E-state index contributed by atoms with van der Waals surface area (Å²) in [7, 11) is 0. The van der Waals surface area contributed by atoms with Gasteiger partial charge in [0.25, 0.3) is 11.8 Å². The van der Waals surface area contributed by atoms with Crippen molar-refractivity contribution in [3.63, 3.8) is 0 Å². The van der Waals surface area contributed by atoms with E-state index >= 15 is 0 Å². The van der Waals surface area contributed by atoms with Crippen molar-refractivity contribution in [3.05, 3.63) is 0 Å². The van der Waals surface area contributed by atoms with Gasteiger partial charge in [-0.25, -0.2) is 17.6 Å². The van der Waals surface area contributed by atoms with Gasteiger partial charge in [0, 0.05) is 18.4 Å². The second-order valence-corrected chi connectivity index (χ2v) is 8.91. The Kier molecular flexibility index (Phi) is 3.19. The summed E-state index contributed by atoms with van der Waals surface area (Å²) in [6.07, 6.45) is -3.23. The zero-order valence-corrected chi connectivity index (χ0v) is 13.9. The van der Waals surface area contributed by atoms with Gasteiger partial charge in [0.15, 0.2) is 0 Å². The Balaban J connectivity index is 1.55. The number of amides is 2. The molecule has 4 saturated carbocycles. The average molecular weight is 385 g/mol. The van der Waals surface area contributed by atoms with Crippen LogP contribution in [0.25, 0.3) is 0 Å². The van der Waals surface area contributed by atoms with Gasteiger partial charge in [-0.15, -0.1) is 11.6 Å². The van der Waals surface area contributed by atoms with Gasteiger partial charge in [-0.05, 0) is 25.7 Å². The monoisotopic (exact) mass is 384 g/mol. The molecule has 1 aliphatic heterocycles. The maximum atomic E-state index is 14.0. The molecular formula is C15H17ClF4N2O3. The molecule has 10 heteroatoms. The highest BCUT2D eigenvalue weighted by molar-refractivity contribution is 6.36. The summed E-state index contributed by atoms with van der Waals surface area (Å²) >= 11 is 6.07. The second-order valence-electron chi connectivity index (χ2n) is 8.11. The third-order valence-electron chi connectivity index (χ3n) is 6.09. The van der Waals surface area contributed by atoms with E-state index in [-0.39, 0.29) is 4.87 Å². The van der Waals surface area contributed by atoms with Crippen molar-refractivity contribution in [2.24, 2.45) is 0 Å². The van der Waals surface area contributed by atoms with Crippen molar-refractivity contribution in [1.29, 1.82) is 0 Å². The first-order valence-electron chi connectivity index (χ1n) is 8.09. The fraction of sp³-hybridized carbons (Fsp3) is 0.867. The molecule has 1 saturated heterocycles. The number of rotatable bonds is 1. The molecule has 5 fully saturated rings. The largest absolute Gasteiger partial charge is 0.384 e. The van der Waals surface area contributed by atoms with Crippen LogP contribution in [0.1, 0.15) is 38.5 Å². The Labute approximate surface area is 145 Å². The van der Waals surface area contributed by atoms with Crippen molar-refractivity contribution in [1.82, 2.24) is 10.2 Å². The quantitative estimate of drug-likeness (QED) is 0.408. The molecule has 2 bridgehead atoms. The Morgan fingerprint density at radius 3 is 2.16 bits per heavy atom. The summed E-state index contributed by atoms with van der Waals surface area (Å²) in [6, 6.07) is 0. The minimum atomic E-state index is -3.74. The van der Waals surface area contributed by atoms with Crippen LogP contribution in [0, 0.1) is 0 Å². The molecule has 0 radical (unpaired) electrons. The second kappa shape index (κ2) is 4.60. The first-order chi connectivity index (χ1) is 11.3. The fourth-order valence-corrected chi connectivity index (χ4v) is 5.74. The molecule has 5 nitrogen and oxygen atoms in total.